The third-order valence-corrected chi connectivity index (χ3v) is 3.38. The Morgan fingerprint density at radius 1 is 1.19 bits per heavy atom. The summed E-state index contributed by atoms with van der Waals surface area (Å²) in [7, 11) is 1.79. The van der Waals surface area contributed by atoms with E-state index in [1.165, 1.54) is 12.1 Å². The van der Waals surface area contributed by atoms with Crippen LogP contribution in [0.2, 0.25) is 0 Å². The molecule has 21 heavy (non-hydrogen) atoms. The first-order chi connectivity index (χ1) is 9.90. The van der Waals surface area contributed by atoms with Gasteiger partial charge in [-0.05, 0) is 43.7 Å². The van der Waals surface area contributed by atoms with Crippen molar-refractivity contribution in [2.75, 3.05) is 7.05 Å². The number of pyridine rings is 1. The smallest absolute Gasteiger partial charge is 0.313 e. The summed E-state index contributed by atoms with van der Waals surface area (Å²) in [6, 6.07) is 9.21. The Hall–Kier alpha value is -1.88. The van der Waals surface area contributed by atoms with Crippen molar-refractivity contribution < 1.29 is 13.2 Å². The van der Waals surface area contributed by atoms with Crippen LogP contribution in [-0.2, 0) is 12.6 Å². The first kappa shape index (κ1) is 15.5. The lowest BCUT2D eigenvalue weighted by Gasteiger charge is -2.17. The van der Waals surface area contributed by atoms with Crippen LogP contribution in [0.15, 0.2) is 42.6 Å². The summed E-state index contributed by atoms with van der Waals surface area (Å²) in [4.78, 5) is 4.23. The largest absolute Gasteiger partial charge is 0.416 e. The summed E-state index contributed by atoms with van der Waals surface area (Å²) in [5, 5.41) is 3.12. The van der Waals surface area contributed by atoms with Crippen molar-refractivity contribution in [2.24, 2.45) is 0 Å². The second-order valence-electron chi connectivity index (χ2n) is 4.98. The number of aryl methyl sites for hydroxylation is 1. The van der Waals surface area contributed by atoms with E-state index in [2.05, 4.69) is 10.3 Å². The number of hydrogen-bond acceptors (Lipinski definition) is 2. The van der Waals surface area contributed by atoms with E-state index in [0.717, 1.165) is 17.3 Å². The minimum absolute atomic E-state index is 0.0680. The lowest BCUT2D eigenvalue weighted by Crippen LogP contribution is -2.19. The van der Waals surface area contributed by atoms with Gasteiger partial charge in [-0.3, -0.25) is 4.98 Å². The van der Waals surface area contributed by atoms with Gasteiger partial charge in [0.1, 0.15) is 0 Å². The Balaban J connectivity index is 2.21. The zero-order chi connectivity index (χ0) is 15.5. The molecule has 0 radical (unpaired) electrons. The predicted molar refractivity (Wildman–Crippen MR) is 75.9 cm³/mol. The second-order valence-corrected chi connectivity index (χ2v) is 4.98. The van der Waals surface area contributed by atoms with E-state index >= 15 is 0 Å². The zero-order valence-electron chi connectivity index (χ0n) is 11.9. The average Bonchev–Trinajstić information content (AvgIpc) is 2.45. The maximum Gasteiger partial charge on any atom is 0.416 e. The first-order valence-electron chi connectivity index (χ1n) is 6.66. The molecule has 1 N–H and O–H groups in total. The molecule has 2 rings (SSSR count). The van der Waals surface area contributed by atoms with Gasteiger partial charge < -0.3 is 5.32 Å². The molecule has 0 aliphatic carbocycles. The van der Waals surface area contributed by atoms with Crippen molar-refractivity contribution in [2.45, 2.75) is 25.6 Å². The summed E-state index contributed by atoms with van der Waals surface area (Å²) < 4.78 is 38.2. The molecule has 0 fully saturated rings. The van der Waals surface area contributed by atoms with Crippen molar-refractivity contribution >= 4 is 0 Å². The van der Waals surface area contributed by atoms with Gasteiger partial charge in [-0.2, -0.15) is 13.2 Å². The van der Waals surface area contributed by atoms with Crippen LogP contribution in [0.1, 0.15) is 28.4 Å². The first-order valence-corrected chi connectivity index (χ1v) is 6.66. The molecule has 0 amide bonds. The number of benzene rings is 1. The van der Waals surface area contributed by atoms with Crippen LogP contribution in [0.4, 0.5) is 13.2 Å². The molecule has 0 aliphatic heterocycles. The number of rotatable bonds is 4. The fourth-order valence-electron chi connectivity index (χ4n) is 2.18. The van der Waals surface area contributed by atoms with Crippen LogP contribution in [-0.4, -0.2) is 12.0 Å². The SMILES string of the molecule is CNC(Cc1cccc(C(F)(F)F)c1)c1ccc(C)nc1. The van der Waals surface area contributed by atoms with Gasteiger partial charge in [0, 0.05) is 17.9 Å². The van der Waals surface area contributed by atoms with Gasteiger partial charge in [0.2, 0.25) is 0 Å². The highest BCUT2D eigenvalue weighted by molar-refractivity contribution is 5.28. The van der Waals surface area contributed by atoms with Gasteiger partial charge in [-0.25, -0.2) is 0 Å². The molecule has 0 spiro atoms. The average molecular weight is 294 g/mol. The Kier molecular flexibility index (Phi) is 4.63. The minimum Gasteiger partial charge on any atom is -0.313 e. The Bertz CT molecular complexity index is 591. The quantitative estimate of drug-likeness (QED) is 0.924. The number of halogens is 3. The molecule has 0 aliphatic rings. The Morgan fingerprint density at radius 3 is 2.52 bits per heavy atom. The maximum atomic E-state index is 12.7. The van der Waals surface area contributed by atoms with E-state index in [9.17, 15) is 13.2 Å². The molecule has 0 bridgehead atoms. The zero-order valence-corrected chi connectivity index (χ0v) is 11.9. The number of nitrogens with one attached hydrogen (secondary N) is 1. The van der Waals surface area contributed by atoms with Gasteiger partial charge in [0.15, 0.2) is 0 Å². The molecule has 2 aromatic rings. The van der Waals surface area contributed by atoms with Crippen LogP contribution in [0.5, 0.6) is 0 Å². The van der Waals surface area contributed by atoms with Crippen LogP contribution < -0.4 is 5.32 Å². The molecule has 0 saturated heterocycles. The number of alkyl halides is 3. The molecule has 1 aromatic carbocycles. The fraction of sp³-hybridized carbons (Fsp3) is 0.312. The van der Waals surface area contributed by atoms with E-state index in [-0.39, 0.29) is 6.04 Å². The lowest BCUT2D eigenvalue weighted by atomic mass is 9.98. The van der Waals surface area contributed by atoms with Gasteiger partial charge in [0.05, 0.1) is 5.56 Å². The van der Waals surface area contributed by atoms with E-state index in [0.29, 0.717) is 12.0 Å². The third kappa shape index (κ3) is 4.04. The Morgan fingerprint density at radius 2 is 1.95 bits per heavy atom. The van der Waals surface area contributed by atoms with Crippen LogP contribution in [0.25, 0.3) is 0 Å². The van der Waals surface area contributed by atoms with Crippen LogP contribution >= 0.6 is 0 Å². The molecule has 5 heteroatoms. The number of likely N-dealkylation sites (N-methyl/N-ethyl adjacent to an activating group) is 1. The number of nitrogens with zero attached hydrogens (tertiary/aromatic N) is 1. The highest BCUT2D eigenvalue weighted by Crippen LogP contribution is 2.30. The van der Waals surface area contributed by atoms with Crippen LogP contribution in [0.3, 0.4) is 0 Å². The highest BCUT2D eigenvalue weighted by atomic mass is 19.4. The highest BCUT2D eigenvalue weighted by Gasteiger charge is 2.30. The van der Waals surface area contributed by atoms with Gasteiger partial charge in [0.25, 0.3) is 0 Å². The van der Waals surface area contributed by atoms with Crippen LogP contribution in [0, 0.1) is 6.92 Å². The molecule has 2 nitrogen and oxygen atoms in total. The van der Waals surface area contributed by atoms with E-state index in [4.69, 9.17) is 0 Å². The summed E-state index contributed by atoms with van der Waals surface area (Å²) in [5.74, 6) is 0. The van der Waals surface area contributed by atoms with Crippen molar-refractivity contribution in [1.29, 1.82) is 0 Å². The van der Waals surface area contributed by atoms with Gasteiger partial charge >= 0.3 is 6.18 Å². The van der Waals surface area contributed by atoms with Gasteiger partial charge in [-0.15, -0.1) is 0 Å². The van der Waals surface area contributed by atoms with Crippen molar-refractivity contribution in [1.82, 2.24) is 10.3 Å². The Labute approximate surface area is 122 Å². The normalized spacial score (nSPS) is 13.2. The summed E-state index contributed by atoms with van der Waals surface area (Å²) in [6.07, 6.45) is -2.08. The van der Waals surface area contributed by atoms with Crippen molar-refractivity contribution in [3.8, 4) is 0 Å². The minimum atomic E-state index is -4.31. The standard InChI is InChI=1S/C16H17F3N2/c1-11-6-7-13(10-21-11)15(20-2)9-12-4-3-5-14(8-12)16(17,18)19/h3-8,10,15,20H,9H2,1-2H3. The van der Waals surface area contributed by atoms with Crippen molar-refractivity contribution in [3.63, 3.8) is 0 Å². The molecular formula is C16H17F3N2. The lowest BCUT2D eigenvalue weighted by molar-refractivity contribution is -0.137. The number of hydrogen-bond donors (Lipinski definition) is 1. The second kappa shape index (κ2) is 6.26. The van der Waals surface area contributed by atoms with E-state index in [1.54, 1.807) is 19.3 Å². The molecule has 1 unspecified atom stereocenters. The topological polar surface area (TPSA) is 24.9 Å². The van der Waals surface area contributed by atoms with Gasteiger partial charge in [-0.1, -0.05) is 24.3 Å². The number of aromatic nitrogens is 1. The molecule has 112 valence electrons. The summed E-state index contributed by atoms with van der Waals surface area (Å²) in [6.45, 7) is 1.89. The summed E-state index contributed by atoms with van der Waals surface area (Å²) >= 11 is 0. The maximum absolute atomic E-state index is 12.7. The monoisotopic (exact) mass is 294 g/mol. The molecule has 0 saturated carbocycles. The summed E-state index contributed by atoms with van der Waals surface area (Å²) in [5.41, 5.74) is 1.90. The predicted octanol–water partition coefficient (Wildman–Crippen LogP) is 3.91. The molecule has 1 atom stereocenters. The third-order valence-electron chi connectivity index (χ3n) is 3.38. The molecule has 1 heterocycles. The van der Waals surface area contributed by atoms with E-state index in [1.807, 2.05) is 19.1 Å². The van der Waals surface area contributed by atoms with E-state index < -0.39 is 11.7 Å². The molecular weight excluding hydrogens is 277 g/mol. The fourth-order valence-corrected chi connectivity index (χ4v) is 2.18. The molecule has 1 aromatic heterocycles. The van der Waals surface area contributed by atoms with Crippen molar-refractivity contribution in [3.05, 3.63) is 65.0 Å².